The van der Waals surface area contributed by atoms with Gasteiger partial charge >= 0.3 is 0 Å². The third kappa shape index (κ3) is 23.0. The molecule has 14 nitrogen and oxygen atoms in total. The molecule has 12 unspecified atom stereocenters. The number of carbonyl (C=O) groups is 1. The topological polar surface area (TPSA) is 228 Å². The van der Waals surface area contributed by atoms with Crippen molar-refractivity contribution in [2.45, 2.75) is 261 Å². The second-order valence-corrected chi connectivity index (χ2v) is 17.6. The lowest BCUT2D eigenvalue weighted by Crippen LogP contribution is -2.65. The quantitative estimate of drug-likeness (QED) is 0.0274. The maximum absolute atomic E-state index is 13.1. The van der Waals surface area contributed by atoms with E-state index < -0.39 is 86.8 Å². The number of aliphatic hydroxyl groups is 8. The van der Waals surface area contributed by atoms with E-state index in [0.29, 0.717) is 12.8 Å². The molecule has 0 aliphatic carbocycles. The average Bonchev–Trinajstić information content (AvgIpc) is 3.26. The third-order valence-electron chi connectivity index (χ3n) is 12.2. The maximum atomic E-state index is 13.1. The number of allylic oxidation sites excluding steroid dienone is 2. The molecule has 14 heteroatoms. The van der Waals surface area contributed by atoms with E-state index in [-0.39, 0.29) is 12.5 Å². The summed E-state index contributed by atoms with van der Waals surface area (Å²) in [5, 5.41) is 86.4. The van der Waals surface area contributed by atoms with Crippen LogP contribution in [0.3, 0.4) is 0 Å². The van der Waals surface area contributed by atoms with Gasteiger partial charge in [-0.15, -0.1) is 0 Å². The van der Waals surface area contributed by atoms with Crippen molar-refractivity contribution in [1.82, 2.24) is 5.32 Å². The number of hydrogen-bond acceptors (Lipinski definition) is 13. The van der Waals surface area contributed by atoms with Crippen molar-refractivity contribution in [1.29, 1.82) is 0 Å². The second-order valence-electron chi connectivity index (χ2n) is 17.6. The molecular weight excluding hydrogens is 787 g/mol. The molecule has 0 bridgehead atoms. The Hall–Kier alpha value is -1.27. The van der Waals surface area contributed by atoms with Crippen LogP contribution in [0, 0.1) is 0 Å². The highest BCUT2D eigenvalue weighted by Gasteiger charge is 2.51. The Morgan fingerprint density at radius 2 is 1.03 bits per heavy atom. The first kappa shape index (κ1) is 55.9. The Morgan fingerprint density at radius 1 is 0.574 bits per heavy atom. The van der Waals surface area contributed by atoms with Crippen LogP contribution in [0.4, 0.5) is 0 Å². The number of hydrogen-bond donors (Lipinski definition) is 9. The van der Waals surface area contributed by atoms with Gasteiger partial charge < -0.3 is 65.1 Å². The van der Waals surface area contributed by atoms with Crippen molar-refractivity contribution in [2.24, 2.45) is 0 Å². The molecule has 61 heavy (non-hydrogen) atoms. The third-order valence-corrected chi connectivity index (χ3v) is 12.2. The highest BCUT2D eigenvalue weighted by atomic mass is 16.7. The van der Waals surface area contributed by atoms with Crippen molar-refractivity contribution >= 4 is 5.91 Å². The minimum Gasteiger partial charge on any atom is -0.394 e. The van der Waals surface area contributed by atoms with Gasteiger partial charge in [0.1, 0.15) is 48.8 Å². The predicted octanol–water partition coefficient (Wildman–Crippen LogP) is 5.60. The van der Waals surface area contributed by atoms with Crippen LogP contribution in [0.2, 0.25) is 0 Å². The van der Waals surface area contributed by atoms with E-state index >= 15 is 0 Å². The summed E-state index contributed by atoms with van der Waals surface area (Å²) in [6.07, 6.45) is 18.4. The molecule has 0 aromatic rings. The standard InChI is InChI=1S/C47H89NO13/c1-3-5-7-9-11-12-13-14-15-16-17-18-19-20-21-22-23-24-25-27-29-31-39(52)48-35(36(51)30-28-26-10-8-6-4-2)34-58-46-44(57)42(55)45(38(33-50)60-46)61-47-43(56)41(54)40(53)37(32-49)59-47/h16-17,35-38,40-47,49-51,53-57H,3-15,18-34H2,1-2H3,(H,48,52)/b17-16-. The number of nitrogens with one attached hydrogen (secondary N) is 1. The average molecular weight is 876 g/mol. The van der Waals surface area contributed by atoms with Crippen LogP contribution < -0.4 is 5.32 Å². The smallest absolute Gasteiger partial charge is 0.220 e. The lowest BCUT2D eigenvalue weighted by Gasteiger charge is -2.46. The van der Waals surface area contributed by atoms with Crippen LogP contribution in [0.25, 0.3) is 0 Å². The zero-order chi connectivity index (χ0) is 44.7. The highest BCUT2D eigenvalue weighted by molar-refractivity contribution is 5.76. The predicted molar refractivity (Wildman–Crippen MR) is 235 cm³/mol. The number of amides is 1. The van der Waals surface area contributed by atoms with Gasteiger partial charge in [0.05, 0.1) is 32.0 Å². The van der Waals surface area contributed by atoms with E-state index in [1.165, 1.54) is 96.3 Å². The van der Waals surface area contributed by atoms with Gasteiger partial charge in [0.2, 0.25) is 5.91 Å². The van der Waals surface area contributed by atoms with Gasteiger partial charge in [-0.05, 0) is 38.5 Å². The van der Waals surface area contributed by atoms with Gasteiger partial charge in [0.15, 0.2) is 12.6 Å². The number of aliphatic hydroxyl groups excluding tert-OH is 8. The van der Waals surface area contributed by atoms with Crippen LogP contribution >= 0.6 is 0 Å². The van der Waals surface area contributed by atoms with Gasteiger partial charge in [-0.25, -0.2) is 0 Å². The molecular formula is C47H89NO13. The Kier molecular flexibility index (Phi) is 32.1. The van der Waals surface area contributed by atoms with Gasteiger partial charge in [-0.1, -0.05) is 154 Å². The molecule has 2 rings (SSSR count). The SMILES string of the molecule is CCCCCCCCCC/C=C\CCCCCCCCCCCC(=O)NC(COC1OC(CO)C(OC2OC(CO)C(O)C(O)C2O)C(O)C1O)C(O)CCCCCCCC. The van der Waals surface area contributed by atoms with Crippen LogP contribution in [0.5, 0.6) is 0 Å². The molecule has 2 saturated heterocycles. The molecule has 9 N–H and O–H groups in total. The largest absolute Gasteiger partial charge is 0.394 e. The molecule has 2 fully saturated rings. The first-order chi connectivity index (χ1) is 29.6. The summed E-state index contributed by atoms with van der Waals surface area (Å²) in [4.78, 5) is 13.1. The van der Waals surface area contributed by atoms with Gasteiger partial charge in [0.25, 0.3) is 0 Å². The maximum Gasteiger partial charge on any atom is 0.220 e. The Balaban J connectivity index is 1.73. The van der Waals surface area contributed by atoms with Gasteiger partial charge in [-0.3, -0.25) is 4.79 Å². The summed E-state index contributed by atoms with van der Waals surface area (Å²) in [5.74, 6) is -0.214. The van der Waals surface area contributed by atoms with E-state index in [1.807, 2.05) is 0 Å². The normalized spacial score (nSPS) is 28.0. The molecule has 12 atom stereocenters. The van der Waals surface area contributed by atoms with Crippen molar-refractivity contribution in [3.8, 4) is 0 Å². The fourth-order valence-corrected chi connectivity index (χ4v) is 8.17. The van der Waals surface area contributed by atoms with Crippen molar-refractivity contribution < 1.29 is 64.6 Å². The van der Waals surface area contributed by atoms with Crippen molar-refractivity contribution in [3.63, 3.8) is 0 Å². The fourth-order valence-electron chi connectivity index (χ4n) is 8.17. The zero-order valence-electron chi connectivity index (χ0n) is 37.9. The Morgan fingerprint density at radius 3 is 1.56 bits per heavy atom. The minimum absolute atomic E-state index is 0.214. The molecule has 0 spiro atoms. The first-order valence-corrected chi connectivity index (χ1v) is 24.4. The molecule has 0 aromatic heterocycles. The first-order valence-electron chi connectivity index (χ1n) is 24.4. The highest BCUT2D eigenvalue weighted by Crippen LogP contribution is 2.30. The summed E-state index contributed by atoms with van der Waals surface area (Å²) in [7, 11) is 0. The van der Waals surface area contributed by atoms with E-state index in [1.54, 1.807) is 0 Å². The van der Waals surface area contributed by atoms with Crippen molar-refractivity contribution in [2.75, 3.05) is 19.8 Å². The van der Waals surface area contributed by atoms with Gasteiger partial charge in [0, 0.05) is 6.42 Å². The molecule has 360 valence electrons. The van der Waals surface area contributed by atoms with E-state index in [0.717, 1.165) is 64.2 Å². The number of ether oxygens (including phenoxy) is 4. The van der Waals surface area contributed by atoms with Crippen LogP contribution in [0.15, 0.2) is 12.2 Å². The van der Waals surface area contributed by atoms with E-state index in [4.69, 9.17) is 18.9 Å². The number of rotatable bonds is 37. The van der Waals surface area contributed by atoms with Crippen molar-refractivity contribution in [3.05, 3.63) is 12.2 Å². The van der Waals surface area contributed by atoms with Crippen LogP contribution in [0.1, 0.15) is 187 Å². The lowest BCUT2D eigenvalue weighted by molar-refractivity contribution is -0.359. The summed E-state index contributed by atoms with van der Waals surface area (Å²) < 4.78 is 22.6. The summed E-state index contributed by atoms with van der Waals surface area (Å²) in [6, 6.07) is -0.822. The lowest BCUT2D eigenvalue weighted by atomic mass is 9.97. The number of unbranched alkanes of at least 4 members (excludes halogenated alkanes) is 22. The van der Waals surface area contributed by atoms with Gasteiger partial charge in [-0.2, -0.15) is 0 Å². The van der Waals surface area contributed by atoms with E-state index in [9.17, 15) is 45.6 Å². The molecule has 0 saturated carbocycles. The molecule has 1 amide bonds. The fraction of sp³-hybridized carbons (Fsp3) is 0.936. The molecule has 2 heterocycles. The van der Waals surface area contributed by atoms with Crippen LogP contribution in [-0.2, 0) is 23.7 Å². The number of carbonyl (C=O) groups excluding carboxylic acids is 1. The van der Waals surface area contributed by atoms with Crippen LogP contribution in [-0.4, -0.2) is 140 Å². The zero-order valence-corrected chi connectivity index (χ0v) is 37.9. The molecule has 0 radical (unpaired) electrons. The summed E-state index contributed by atoms with van der Waals surface area (Å²) in [5.41, 5.74) is 0. The Labute approximate surface area is 367 Å². The minimum atomic E-state index is -1.78. The Bertz CT molecular complexity index is 1080. The molecule has 2 aliphatic rings. The monoisotopic (exact) mass is 876 g/mol. The summed E-state index contributed by atoms with van der Waals surface area (Å²) in [6.45, 7) is 2.77. The van der Waals surface area contributed by atoms with E-state index in [2.05, 4.69) is 31.3 Å². The summed E-state index contributed by atoms with van der Waals surface area (Å²) >= 11 is 0. The second kappa shape index (κ2) is 35.0. The molecule has 0 aromatic carbocycles. The molecule has 2 aliphatic heterocycles.